The number of hydrogen-bond donors (Lipinski definition) is 3. The maximum Gasteiger partial charge on any atom is 0.229 e. The molecular formula is C33H46ClN6O3P. The Kier molecular flexibility index (Phi) is 9.53. The monoisotopic (exact) mass is 640 g/mol. The number of aromatic nitrogens is 2. The highest BCUT2D eigenvalue weighted by Crippen LogP contribution is 2.51. The predicted octanol–water partition coefficient (Wildman–Crippen LogP) is 6.68. The Hall–Kier alpha value is -2.84. The average Bonchev–Trinajstić information content (AvgIpc) is 2.98. The second kappa shape index (κ2) is 12.9. The highest BCUT2D eigenvalue weighted by molar-refractivity contribution is 7.70. The van der Waals surface area contributed by atoms with Gasteiger partial charge in [0.25, 0.3) is 0 Å². The van der Waals surface area contributed by atoms with Gasteiger partial charge in [-0.2, -0.15) is 4.98 Å². The van der Waals surface area contributed by atoms with E-state index in [0.717, 1.165) is 60.2 Å². The fourth-order valence-electron chi connectivity index (χ4n) is 6.81. The number of anilines is 5. The second-order valence-electron chi connectivity index (χ2n) is 12.9. The first-order valence-corrected chi connectivity index (χ1v) is 18.3. The third-order valence-corrected chi connectivity index (χ3v) is 11.5. The van der Waals surface area contributed by atoms with Gasteiger partial charge in [-0.25, -0.2) is 4.98 Å². The number of methoxy groups -OCH3 is 1. The maximum atomic E-state index is 13.2. The van der Waals surface area contributed by atoms with Crippen LogP contribution >= 0.6 is 18.7 Å². The highest BCUT2D eigenvalue weighted by Gasteiger charge is 2.47. The van der Waals surface area contributed by atoms with E-state index in [1.54, 1.807) is 26.6 Å². The highest BCUT2D eigenvalue weighted by atomic mass is 35.5. The van der Waals surface area contributed by atoms with E-state index in [0.29, 0.717) is 34.0 Å². The zero-order valence-corrected chi connectivity index (χ0v) is 28.6. The molecule has 0 amide bonds. The van der Waals surface area contributed by atoms with E-state index < -0.39 is 7.14 Å². The third-order valence-electron chi connectivity index (χ3n) is 9.61. The van der Waals surface area contributed by atoms with Gasteiger partial charge in [-0.3, -0.25) is 4.90 Å². The number of nitrogens with one attached hydrogen (secondary N) is 2. The lowest BCUT2D eigenvalue weighted by molar-refractivity contribution is -0.0365. The summed E-state index contributed by atoms with van der Waals surface area (Å²) in [5.74, 6) is 1.52. The average molecular weight is 641 g/mol. The van der Waals surface area contributed by atoms with Crippen molar-refractivity contribution in [3.05, 3.63) is 52.2 Å². The van der Waals surface area contributed by atoms with E-state index in [-0.39, 0.29) is 6.73 Å². The van der Waals surface area contributed by atoms with Gasteiger partial charge in [0.1, 0.15) is 17.9 Å². The standard InChI is InChI=1S/C33H46ClN6O3P/c1-8-23-15-27(29(43-5)16-28(23)40-13-11-33(12-14-40)17-24(18-33)39(4)20-41)37-32-35-19-25(34)31(38-32)36-26-10-9-21(2)22(3)30(26)44(6,7)42/h9-10,15-16,19,24,41H,8,11-14,17-18,20H2,1-7H3,(H2,35,36,37,38). The SMILES string of the molecule is CCc1cc(Nc2ncc(Cl)c(Nc3ccc(C)c(C)c3P(C)(C)=O)n2)c(OC)cc1N1CCC2(CC1)CC(N(C)CO)C2. The van der Waals surface area contributed by atoms with Crippen LogP contribution in [0.3, 0.4) is 0 Å². The Morgan fingerprint density at radius 2 is 1.86 bits per heavy atom. The molecule has 5 rings (SSSR count). The van der Waals surface area contributed by atoms with Gasteiger partial charge in [-0.15, -0.1) is 0 Å². The van der Waals surface area contributed by atoms with Crippen LogP contribution in [-0.2, 0) is 11.0 Å². The fraction of sp³-hybridized carbons (Fsp3) is 0.515. The minimum absolute atomic E-state index is 0.125. The number of aliphatic hydroxyl groups is 1. The van der Waals surface area contributed by atoms with Crippen LogP contribution in [0.1, 0.15) is 49.3 Å². The molecular weight excluding hydrogens is 595 g/mol. The number of benzene rings is 2. The van der Waals surface area contributed by atoms with E-state index in [1.165, 1.54) is 24.1 Å². The molecule has 0 bridgehead atoms. The Morgan fingerprint density at radius 3 is 2.48 bits per heavy atom. The topological polar surface area (TPSA) is 103 Å². The summed E-state index contributed by atoms with van der Waals surface area (Å²) in [6.45, 7) is 11.9. The van der Waals surface area contributed by atoms with E-state index in [4.69, 9.17) is 21.3 Å². The van der Waals surface area contributed by atoms with Crippen LogP contribution in [0, 0.1) is 19.3 Å². The Morgan fingerprint density at radius 1 is 1.16 bits per heavy atom. The van der Waals surface area contributed by atoms with Crippen LogP contribution in [0.5, 0.6) is 5.75 Å². The van der Waals surface area contributed by atoms with Crippen LogP contribution in [0.4, 0.5) is 28.8 Å². The number of aryl methyl sites for hydroxylation is 2. The Labute approximate surface area is 266 Å². The molecule has 2 aromatic carbocycles. The summed E-state index contributed by atoms with van der Waals surface area (Å²) >= 11 is 6.54. The summed E-state index contributed by atoms with van der Waals surface area (Å²) in [7, 11) is 1.10. The summed E-state index contributed by atoms with van der Waals surface area (Å²) in [6.07, 6.45) is 7.10. The van der Waals surface area contributed by atoms with Crippen LogP contribution < -0.4 is 25.6 Å². The normalized spacial score (nSPS) is 16.7. The molecule has 1 aliphatic heterocycles. The molecule has 11 heteroatoms. The van der Waals surface area contributed by atoms with E-state index in [2.05, 4.69) is 44.5 Å². The van der Waals surface area contributed by atoms with Crippen molar-refractivity contribution in [1.29, 1.82) is 0 Å². The van der Waals surface area contributed by atoms with Crippen LogP contribution in [0.15, 0.2) is 30.5 Å². The van der Waals surface area contributed by atoms with Crippen LogP contribution in [0.2, 0.25) is 5.02 Å². The lowest BCUT2D eigenvalue weighted by Crippen LogP contribution is -2.54. The summed E-state index contributed by atoms with van der Waals surface area (Å²) in [5, 5.41) is 17.3. The van der Waals surface area contributed by atoms with Crippen molar-refractivity contribution in [2.24, 2.45) is 5.41 Å². The number of nitrogens with zero attached hydrogens (tertiary/aromatic N) is 4. The van der Waals surface area contributed by atoms with Crippen molar-refractivity contribution in [2.45, 2.75) is 58.9 Å². The van der Waals surface area contributed by atoms with Gasteiger partial charge >= 0.3 is 0 Å². The second-order valence-corrected chi connectivity index (χ2v) is 16.4. The van der Waals surface area contributed by atoms with Gasteiger partial charge in [0, 0.05) is 36.2 Å². The lowest BCUT2D eigenvalue weighted by Gasteiger charge is -2.54. The molecule has 0 atom stereocenters. The first-order valence-electron chi connectivity index (χ1n) is 15.4. The van der Waals surface area contributed by atoms with Crippen molar-refractivity contribution in [3.63, 3.8) is 0 Å². The molecule has 3 N–H and O–H groups in total. The number of aliphatic hydroxyl groups excluding tert-OH is 1. The number of rotatable bonds is 10. The Balaban J connectivity index is 1.36. The maximum absolute atomic E-state index is 13.2. The van der Waals surface area contributed by atoms with Gasteiger partial charge in [-0.1, -0.05) is 24.6 Å². The lowest BCUT2D eigenvalue weighted by atomic mass is 9.60. The van der Waals surface area contributed by atoms with Gasteiger partial charge in [-0.05, 0) is 101 Å². The molecule has 0 radical (unpaired) electrons. The van der Waals surface area contributed by atoms with Gasteiger partial charge in [0.2, 0.25) is 5.95 Å². The molecule has 1 saturated heterocycles. The van der Waals surface area contributed by atoms with E-state index in [9.17, 15) is 9.67 Å². The summed E-state index contributed by atoms with van der Waals surface area (Å²) < 4.78 is 19.1. The quantitative estimate of drug-likeness (QED) is 0.165. The number of halogens is 1. The van der Waals surface area contributed by atoms with Crippen molar-refractivity contribution in [3.8, 4) is 5.75 Å². The molecule has 2 heterocycles. The molecule has 238 valence electrons. The molecule has 9 nitrogen and oxygen atoms in total. The molecule has 1 aliphatic carbocycles. The molecule has 3 aromatic rings. The predicted molar refractivity (Wildman–Crippen MR) is 183 cm³/mol. The molecule has 1 aromatic heterocycles. The molecule has 1 saturated carbocycles. The van der Waals surface area contributed by atoms with Gasteiger partial charge < -0.3 is 29.9 Å². The third kappa shape index (κ3) is 6.57. The molecule has 1 spiro atoms. The van der Waals surface area contributed by atoms with Crippen molar-refractivity contribution in [1.82, 2.24) is 14.9 Å². The van der Waals surface area contributed by atoms with Gasteiger partial charge in [0.05, 0.1) is 31.4 Å². The largest absolute Gasteiger partial charge is 0.494 e. The summed E-state index contributed by atoms with van der Waals surface area (Å²) in [4.78, 5) is 13.7. The number of ether oxygens (including phenoxy) is 1. The zero-order valence-electron chi connectivity index (χ0n) is 27.0. The number of hydrogen-bond acceptors (Lipinski definition) is 9. The van der Waals surface area contributed by atoms with E-state index >= 15 is 0 Å². The Bertz CT molecular complexity index is 1560. The molecule has 44 heavy (non-hydrogen) atoms. The van der Waals surface area contributed by atoms with Crippen molar-refractivity contribution >= 4 is 52.9 Å². The molecule has 0 unspecified atom stereocenters. The molecule has 2 aliphatic rings. The molecule has 2 fully saturated rings. The van der Waals surface area contributed by atoms with Crippen LogP contribution in [0.25, 0.3) is 0 Å². The minimum Gasteiger partial charge on any atom is -0.494 e. The minimum atomic E-state index is -2.59. The summed E-state index contributed by atoms with van der Waals surface area (Å²) in [6, 6.07) is 8.68. The van der Waals surface area contributed by atoms with Crippen molar-refractivity contribution in [2.75, 3.05) is 62.8 Å². The first-order chi connectivity index (χ1) is 20.9. The fourth-order valence-corrected chi connectivity index (χ4v) is 8.65. The zero-order chi connectivity index (χ0) is 31.8. The smallest absolute Gasteiger partial charge is 0.229 e. The first kappa shape index (κ1) is 32.6. The number of piperidine rings is 1. The van der Waals surface area contributed by atoms with E-state index in [1.807, 2.05) is 33.0 Å². The van der Waals surface area contributed by atoms with Crippen molar-refractivity contribution < 1.29 is 14.4 Å². The van der Waals surface area contributed by atoms with Gasteiger partial charge in [0.15, 0.2) is 5.82 Å². The van der Waals surface area contributed by atoms with Crippen LogP contribution in [-0.4, -0.2) is 73.3 Å². The summed E-state index contributed by atoms with van der Waals surface area (Å²) in [5.41, 5.74) is 6.43.